The molecular formula is C19H20F3NO2. The maximum absolute atomic E-state index is 12.6. The summed E-state index contributed by atoms with van der Waals surface area (Å²) >= 11 is 0. The first kappa shape index (κ1) is 18.8. The van der Waals surface area contributed by atoms with Crippen LogP contribution in [-0.2, 0) is 11.0 Å². The number of ether oxygens (including phenoxy) is 1. The molecule has 0 fully saturated rings. The highest BCUT2D eigenvalue weighted by molar-refractivity contribution is 5.94. The zero-order valence-electron chi connectivity index (χ0n) is 14.3. The van der Waals surface area contributed by atoms with E-state index in [1.54, 1.807) is 6.92 Å². The molecule has 0 aliphatic carbocycles. The molecular weight excluding hydrogens is 331 g/mol. The molecule has 0 bridgehead atoms. The number of alkyl halides is 3. The van der Waals surface area contributed by atoms with Gasteiger partial charge in [-0.15, -0.1) is 0 Å². The fourth-order valence-electron chi connectivity index (χ4n) is 2.45. The Bertz CT molecular complexity index is 719. The predicted molar refractivity (Wildman–Crippen MR) is 90.7 cm³/mol. The largest absolute Gasteiger partial charge is 0.481 e. The highest BCUT2D eigenvalue weighted by Crippen LogP contribution is 2.30. The molecule has 134 valence electrons. The van der Waals surface area contributed by atoms with Gasteiger partial charge in [0, 0.05) is 5.69 Å². The van der Waals surface area contributed by atoms with Gasteiger partial charge in [-0.05, 0) is 67.8 Å². The van der Waals surface area contributed by atoms with E-state index in [-0.39, 0.29) is 0 Å². The fourth-order valence-corrected chi connectivity index (χ4v) is 2.45. The first-order valence-corrected chi connectivity index (χ1v) is 7.92. The molecule has 0 aliphatic heterocycles. The highest BCUT2D eigenvalue weighted by Gasteiger charge is 2.30. The molecule has 2 aromatic carbocycles. The normalized spacial score (nSPS) is 12.6. The van der Waals surface area contributed by atoms with Crippen molar-refractivity contribution in [3.05, 3.63) is 59.2 Å². The van der Waals surface area contributed by atoms with Crippen LogP contribution in [0.25, 0.3) is 0 Å². The number of rotatable bonds is 5. The van der Waals surface area contributed by atoms with Gasteiger partial charge in [0.2, 0.25) is 0 Å². The number of halogens is 3. The lowest BCUT2D eigenvalue weighted by atomic mass is 10.1. The molecule has 0 unspecified atom stereocenters. The Morgan fingerprint density at radius 2 is 1.64 bits per heavy atom. The Labute approximate surface area is 144 Å². The van der Waals surface area contributed by atoms with Crippen LogP contribution in [-0.4, -0.2) is 12.0 Å². The zero-order chi connectivity index (χ0) is 18.6. The number of benzene rings is 2. The zero-order valence-corrected chi connectivity index (χ0v) is 14.3. The van der Waals surface area contributed by atoms with E-state index in [1.165, 1.54) is 12.1 Å². The van der Waals surface area contributed by atoms with E-state index in [2.05, 4.69) is 5.32 Å². The smallest absolute Gasteiger partial charge is 0.416 e. The molecule has 0 aliphatic rings. The second-order valence-corrected chi connectivity index (χ2v) is 5.90. The van der Waals surface area contributed by atoms with E-state index < -0.39 is 23.8 Å². The van der Waals surface area contributed by atoms with Gasteiger partial charge in [-0.1, -0.05) is 13.0 Å². The maximum Gasteiger partial charge on any atom is 0.416 e. The van der Waals surface area contributed by atoms with E-state index in [4.69, 9.17) is 4.74 Å². The molecule has 1 N–H and O–H groups in total. The van der Waals surface area contributed by atoms with E-state index in [0.29, 0.717) is 17.9 Å². The first-order valence-electron chi connectivity index (χ1n) is 7.92. The molecule has 25 heavy (non-hydrogen) atoms. The van der Waals surface area contributed by atoms with Gasteiger partial charge in [-0.3, -0.25) is 4.79 Å². The standard InChI is InChI=1S/C19H20F3NO2/c1-4-17(25-16-10-12(2)9-13(3)11-16)18(24)23-15-7-5-14(6-8-15)19(20,21)22/h5-11,17H,4H2,1-3H3,(H,23,24)/t17-/m0/s1. The second kappa shape index (κ2) is 7.59. The van der Waals surface area contributed by atoms with Crippen molar-refractivity contribution in [1.29, 1.82) is 0 Å². The van der Waals surface area contributed by atoms with Crippen molar-refractivity contribution in [2.45, 2.75) is 39.5 Å². The highest BCUT2D eigenvalue weighted by atomic mass is 19.4. The van der Waals surface area contributed by atoms with Gasteiger partial charge < -0.3 is 10.1 Å². The van der Waals surface area contributed by atoms with Crippen molar-refractivity contribution in [2.75, 3.05) is 5.32 Å². The lowest BCUT2D eigenvalue weighted by molar-refractivity contribution is -0.137. The Hall–Kier alpha value is -2.50. The average Bonchev–Trinajstić information content (AvgIpc) is 2.51. The maximum atomic E-state index is 12.6. The molecule has 3 nitrogen and oxygen atoms in total. The number of nitrogens with one attached hydrogen (secondary N) is 1. The molecule has 0 spiro atoms. The number of carbonyl (C=O) groups is 1. The SMILES string of the molecule is CC[C@H](Oc1cc(C)cc(C)c1)C(=O)Nc1ccc(C(F)(F)F)cc1. The fraction of sp³-hybridized carbons (Fsp3) is 0.316. The van der Waals surface area contributed by atoms with Gasteiger partial charge in [0.05, 0.1) is 5.56 Å². The van der Waals surface area contributed by atoms with Crippen molar-refractivity contribution in [3.63, 3.8) is 0 Å². The molecule has 0 saturated heterocycles. The summed E-state index contributed by atoms with van der Waals surface area (Å²) in [7, 11) is 0. The van der Waals surface area contributed by atoms with Crippen molar-refractivity contribution < 1.29 is 22.7 Å². The Morgan fingerprint density at radius 3 is 2.12 bits per heavy atom. The molecule has 1 atom stereocenters. The first-order chi connectivity index (χ1) is 11.7. The number of amides is 1. The summed E-state index contributed by atoms with van der Waals surface area (Å²) in [6, 6.07) is 9.98. The summed E-state index contributed by atoms with van der Waals surface area (Å²) in [4.78, 5) is 12.3. The monoisotopic (exact) mass is 351 g/mol. The van der Waals surface area contributed by atoms with Crippen molar-refractivity contribution in [2.24, 2.45) is 0 Å². The third-order valence-electron chi connectivity index (χ3n) is 3.62. The van der Waals surface area contributed by atoms with Gasteiger partial charge in [-0.2, -0.15) is 13.2 Å². The van der Waals surface area contributed by atoms with Gasteiger partial charge in [0.1, 0.15) is 5.75 Å². The number of anilines is 1. The van der Waals surface area contributed by atoms with E-state index in [1.807, 2.05) is 32.0 Å². The van der Waals surface area contributed by atoms with Crippen molar-refractivity contribution in [1.82, 2.24) is 0 Å². The predicted octanol–water partition coefficient (Wildman–Crippen LogP) is 5.12. The molecule has 0 saturated carbocycles. The Morgan fingerprint density at radius 1 is 1.08 bits per heavy atom. The van der Waals surface area contributed by atoms with Crippen LogP contribution in [0.2, 0.25) is 0 Å². The second-order valence-electron chi connectivity index (χ2n) is 5.90. The van der Waals surface area contributed by atoms with Crippen LogP contribution in [0.3, 0.4) is 0 Å². The quantitative estimate of drug-likeness (QED) is 0.812. The molecule has 0 heterocycles. The summed E-state index contributed by atoms with van der Waals surface area (Å²) in [5, 5.41) is 2.59. The molecule has 0 aromatic heterocycles. The van der Waals surface area contributed by atoms with Crippen LogP contribution in [0.1, 0.15) is 30.0 Å². The number of hydrogen-bond acceptors (Lipinski definition) is 2. The van der Waals surface area contributed by atoms with E-state index >= 15 is 0 Å². The lowest BCUT2D eigenvalue weighted by Gasteiger charge is -2.18. The average molecular weight is 351 g/mol. The Balaban J connectivity index is 2.06. The van der Waals surface area contributed by atoms with Crippen LogP contribution in [0.4, 0.5) is 18.9 Å². The third kappa shape index (κ3) is 5.24. The van der Waals surface area contributed by atoms with Gasteiger partial charge in [0.25, 0.3) is 5.91 Å². The van der Waals surface area contributed by atoms with Gasteiger partial charge in [-0.25, -0.2) is 0 Å². The molecule has 2 aromatic rings. The van der Waals surface area contributed by atoms with E-state index in [0.717, 1.165) is 23.3 Å². The third-order valence-corrected chi connectivity index (χ3v) is 3.62. The lowest BCUT2D eigenvalue weighted by Crippen LogP contribution is -2.32. The minimum absolute atomic E-state index is 0.292. The van der Waals surface area contributed by atoms with E-state index in [9.17, 15) is 18.0 Å². The van der Waals surface area contributed by atoms with Crippen LogP contribution in [0, 0.1) is 13.8 Å². The molecule has 2 rings (SSSR count). The minimum atomic E-state index is -4.40. The molecule has 6 heteroatoms. The summed E-state index contributed by atoms with van der Waals surface area (Å²) in [6.45, 7) is 5.67. The number of hydrogen-bond donors (Lipinski definition) is 1. The van der Waals surface area contributed by atoms with Crippen molar-refractivity contribution in [3.8, 4) is 5.75 Å². The van der Waals surface area contributed by atoms with Crippen LogP contribution in [0.15, 0.2) is 42.5 Å². The minimum Gasteiger partial charge on any atom is -0.481 e. The summed E-state index contributed by atoms with van der Waals surface area (Å²) in [6.07, 6.45) is -4.71. The summed E-state index contributed by atoms with van der Waals surface area (Å²) < 4.78 is 43.4. The van der Waals surface area contributed by atoms with Crippen LogP contribution in [0.5, 0.6) is 5.75 Å². The number of carbonyl (C=O) groups excluding carboxylic acids is 1. The molecule has 1 amide bonds. The van der Waals surface area contributed by atoms with Crippen LogP contribution < -0.4 is 10.1 Å². The molecule has 0 radical (unpaired) electrons. The van der Waals surface area contributed by atoms with Gasteiger partial charge >= 0.3 is 6.18 Å². The topological polar surface area (TPSA) is 38.3 Å². The number of aryl methyl sites for hydroxylation is 2. The van der Waals surface area contributed by atoms with Crippen LogP contribution >= 0.6 is 0 Å². The summed E-state index contributed by atoms with van der Waals surface area (Å²) in [5.41, 5.74) is 1.57. The Kier molecular flexibility index (Phi) is 5.72. The van der Waals surface area contributed by atoms with Gasteiger partial charge in [0.15, 0.2) is 6.10 Å². The summed E-state index contributed by atoms with van der Waals surface area (Å²) in [5.74, 6) is 0.188. The van der Waals surface area contributed by atoms with Crippen molar-refractivity contribution >= 4 is 11.6 Å².